The Kier molecular flexibility index (Phi) is 4.68. The number of aromatic nitrogens is 2. The van der Waals surface area contributed by atoms with Crippen LogP contribution in [0.3, 0.4) is 0 Å². The SMILES string of the molecule is Cc1nn(O[C@@H](C)c2ccc(Cl)cc2)cc1Cc1ccccc1. The quantitative estimate of drug-likeness (QED) is 0.683. The van der Waals surface area contributed by atoms with Crippen LogP contribution < -0.4 is 4.84 Å². The molecule has 3 nitrogen and oxygen atoms in total. The summed E-state index contributed by atoms with van der Waals surface area (Å²) >= 11 is 5.92. The van der Waals surface area contributed by atoms with Gasteiger partial charge in [0.1, 0.15) is 6.10 Å². The Balaban J connectivity index is 1.71. The molecule has 0 bridgehead atoms. The van der Waals surface area contributed by atoms with Crippen LogP contribution in [0.15, 0.2) is 60.8 Å². The van der Waals surface area contributed by atoms with E-state index in [4.69, 9.17) is 16.4 Å². The van der Waals surface area contributed by atoms with Crippen LogP contribution in [0.5, 0.6) is 0 Å². The fraction of sp³-hybridized carbons (Fsp3) is 0.211. The van der Waals surface area contributed by atoms with Crippen molar-refractivity contribution in [2.45, 2.75) is 26.4 Å². The van der Waals surface area contributed by atoms with Crippen LogP contribution >= 0.6 is 11.6 Å². The summed E-state index contributed by atoms with van der Waals surface area (Å²) in [4.78, 5) is 7.46. The monoisotopic (exact) mass is 326 g/mol. The molecular formula is C19H19ClN2O. The Morgan fingerprint density at radius 2 is 1.78 bits per heavy atom. The molecular weight excluding hydrogens is 308 g/mol. The highest BCUT2D eigenvalue weighted by Gasteiger charge is 2.11. The second-order valence-electron chi connectivity index (χ2n) is 5.60. The number of benzene rings is 2. The van der Waals surface area contributed by atoms with Crippen LogP contribution in [-0.2, 0) is 6.42 Å². The van der Waals surface area contributed by atoms with E-state index in [-0.39, 0.29) is 6.10 Å². The van der Waals surface area contributed by atoms with Crippen LogP contribution in [0.1, 0.15) is 35.4 Å². The topological polar surface area (TPSA) is 27.1 Å². The molecule has 0 spiro atoms. The smallest absolute Gasteiger partial charge is 0.149 e. The number of aryl methyl sites for hydroxylation is 1. The van der Waals surface area contributed by atoms with Crippen molar-refractivity contribution >= 4 is 11.6 Å². The van der Waals surface area contributed by atoms with Crippen molar-refractivity contribution in [3.05, 3.63) is 88.2 Å². The van der Waals surface area contributed by atoms with Crippen LogP contribution in [0.4, 0.5) is 0 Å². The normalized spacial score (nSPS) is 12.1. The second kappa shape index (κ2) is 6.88. The average Bonchev–Trinajstić information content (AvgIpc) is 2.88. The van der Waals surface area contributed by atoms with Gasteiger partial charge in [0.05, 0.1) is 11.9 Å². The summed E-state index contributed by atoms with van der Waals surface area (Å²) in [7, 11) is 0. The summed E-state index contributed by atoms with van der Waals surface area (Å²) in [5.74, 6) is 0. The van der Waals surface area contributed by atoms with Crippen molar-refractivity contribution in [3.8, 4) is 0 Å². The Bertz CT molecular complexity index is 766. The molecule has 118 valence electrons. The summed E-state index contributed by atoms with van der Waals surface area (Å²) in [5, 5.41) is 5.18. The van der Waals surface area contributed by atoms with E-state index in [1.807, 2.05) is 62.5 Å². The van der Waals surface area contributed by atoms with Crippen LogP contribution in [0, 0.1) is 6.92 Å². The van der Waals surface area contributed by atoms with Gasteiger partial charge < -0.3 is 4.84 Å². The third-order valence-corrected chi connectivity index (χ3v) is 4.07. The lowest BCUT2D eigenvalue weighted by molar-refractivity contribution is 0.0240. The van der Waals surface area contributed by atoms with Crippen molar-refractivity contribution in [2.75, 3.05) is 0 Å². The van der Waals surface area contributed by atoms with Gasteiger partial charge in [-0.15, -0.1) is 9.94 Å². The number of halogens is 1. The predicted octanol–water partition coefficient (Wildman–Crippen LogP) is 4.63. The molecule has 1 atom stereocenters. The largest absolute Gasteiger partial charge is 0.389 e. The third-order valence-electron chi connectivity index (χ3n) is 3.82. The summed E-state index contributed by atoms with van der Waals surface area (Å²) in [6, 6.07) is 18.0. The molecule has 0 saturated heterocycles. The number of nitrogens with zero attached hydrogens (tertiary/aromatic N) is 2. The first-order chi connectivity index (χ1) is 11.1. The van der Waals surface area contributed by atoms with Gasteiger partial charge in [0, 0.05) is 17.0 Å². The van der Waals surface area contributed by atoms with E-state index in [9.17, 15) is 0 Å². The van der Waals surface area contributed by atoms with Crippen LogP contribution in [-0.4, -0.2) is 9.94 Å². The van der Waals surface area contributed by atoms with Crippen molar-refractivity contribution < 1.29 is 4.84 Å². The molecule has 23 heavy (non-hydrogen) atoms. The van der Waals surface area contributed by atoms with E-state index in [0.29, 0.717) is 0 Å². The molecule has 0 radical (unpaired) electrons. The summed E-state index contributed by atoms with van der Waals surface area (Å²) in [6.45, 7) is 4.00. The summed E-state index contributed by atoms with van der Waals surface area (Å²) in [5.41, 5.74) is 4.48. The number of hydrogen-bond donors (Lipinski definition) is 0. The molecule has 0 N–H and O–H groups in total. The predicted molar refractivity (Wildman–Crippen MR) is 92.7 cm³/mol. The fourth-order valence-electron chi connectivity index (χ4n) is 2.47. The lowest BCUT2D eigenvalue weighted by Gasteiger charge is -2.13. The van der Waals surface area contributed by atoms with Crippen molar-refractivity contribution in [3.63, 3.8) is 0 Å². The zero-order chi connectivity index (χ0) is 16.2. The van der Waals surface area contributed by atoms with E-state index >= 15 is 0 Å². The molecule has 0 fully saturated rings. The molecule has 0 unspecified atom stereocenters. The summed E-state index contributed by atoms with van der Waals surface area (Å²) < 4.78 is 0. The third kappa shape index (κ3) is 3.93. The van der Waals surface area contributed by atoms with E-state index in [0.717, 1.165) is 22.7 Å². The van der Waals surface area contributed by atoms with Gasteiger partial charge in [-0.25, -0.2) is 0 Å². The Morgan fingerprint density at radius 1 is 1.09 bits per heavy atom. The number of hydrogen-bond acceptors (Lipinski definition) is 2. The highest BCUT2D eigenvalue weighted by molar-refractivity contribution is 6.30. The highest BCUT2D eigenvalue weighted by Crippen LogP contribution is 2.18. The molecule has 3 aromatic rings. The minimum Gasteiger partial charge on any atom is -0.389 e. The van der Waals surface area contributed by atoms with E-state index in [1.54, 1.807) is 4.85 Å². The standard InChI is InChI=1S/C19H19ClN2O/c1-14-18(12-16-6-4-3-5-7-16)13-22(21-14)23-15(2)17-8-10-19(20)11-9-17/h3-11,13,15H,12H2,1-2H3/t15-/m0/s1. The van der Waals surface area contributed by atoms with Gasteiger partial charge in [-0.2, -0.15) is 0 Å². The Morgan fingerprint density at radius 3 is 2.48 bits per heavy atom. The maximum atomic E-state index is 5.92. The molecule has 1 aromatic heterocycles. The Labute approximate surface area is 141 Å². The maximum Gasteiger partial charge on any atom is 0.149 e. The molecule has 0 aliphatic heterocycles. The molecule has 2 aromatic carbocycles. The van der Waals surface area contributed by atoms with Crippen molar-refractivity contribution in [1.29, 1.82) is 0 Å². The van der Waals surface area contributed by atoms with Crippen LogP contribution in [0.2, 0.25) is 5.02 Å². The van der Waals surface area contributed by atoms with Gasteiger partial charge in [-0.3, -0.25) is 0 Å². The van der Waals surface area contributed by atoms with Crippen LogP contribution in [0.25, 0.3) is 0 Å². The van der Waals surface area contributed by atoms with Gasteiger partial charge in [-0.1, -0.05) is 54.1 Å². The Hall–Kier alpha value is -2.26. The highest BCUT2D eigenvalue weighted by atomic mass is 35.5. The molecule has 0 aliphatic carbocycles. The zero-order valence-electron chi connectivity index (χ0n) is 13.2. The maximum absolute atomic E-state index is 5.92. The van der Waals surface area contributed by atoms with Gasteiger partial charge >= 0.3 is 0 Å². The van der Waals surface area contributed by atoms with E-state index < -0.39 is 0 Å². The van der Waals surface area contributed by atoms with Gasteiger partial charge in [0.15, 0.2) is 0 Å². The molecule has 4 heteroatoms. The first-order valence-corrected chi connectivity index (χ1v) is 8.01. The molecule has 0 aliphatic rings. The second-order valence-corrected chi connectivity index (χ2v) is 6.04. The first-order valence-electron chi connectivity index (χ1n) is 7.63. The van der Waals surface area contributed by atoms with E-state index in [1.165, 1.54) is 11.1 Å². The minimum atomic E-state index is -0.101. The van der Waals surface area contributed by atoms with Gasteiger partial charge in [-0.05, 0) is 37.1 Å². The minimum absolute atomic E-state index is 0.101. The number of rotatable bonds is 5. The molecule has 3 rings (SSSR count). The fourth-order valence-corrected chi connectivity index (χ4v) is 2.59. The molecule has 0 saturated carbocycles. The average molecular weight is 327 g/mol. The van der Waals surface area contributed by atoms with Crippen molar-refractivity contribution in [1.82, 2.24) is 9.94 Å². The lowest BCUT2D eigenvalue weighted by Crippen LogP contribution is -2.16. The zero-order valence-corrected chi connectivity index (χ0v) is 14.0. The van der Waals surface area contributed by atoms with Gasteiger partial charge in [0.25, 0.3) is 0 Å². The molecule has 1 heterocycles. The summed E-state index contributed by atoms with van der Waals surface area (Å²) in [6.07, 6.45) is 2.70. The van der Waals surface area contributed by atoms with E-state index in [2.05, 4.69) is 17.2 Å². The van der Waals surface area contributed by atoms with Crippen molar-refractivity contribution in [2.24, 2.45) is 0 Å². The lowest BCUT2D eigenvalue weighted by atomic mass is 10.1. The first kappa shape index (κ1) is 15.6. The van der Waals surface area contributed by atoms with Gasteiger partial charge in [0.2, 0.25) is 0 Å². The molecule has 0 amide bonds.